The molecule has 202 valence electrons. The lowest BCUT2D eigenvalue weighted by Gasteiger charge is -2.35. The number of hydrogen-bond donors (Lipinski definition) is 2. The number of nitrogens with zero attached hydrogens (tertiary/aromatic N) is 3. The molecule has 1 atom stereocenters. The lowest BCUT2D eigenvalue weighted by atomic mass is 10.1. The van der Waals surface area contributed by atoms with Crippen LogP contribution in [0.3, 0.4) is 0 Å². The van der Waals surface area contributed by atoms with Gasteiger partial charge in [-0.2, -0.15) is 0 Å². The van der Waals surface area contributed by atoms with Crippen LogP contribution in [0, 0.1) is 0 Å². The highest BCUT2D eigenvalue weighted by molar-refractivity contribution is 5.79. The van der Waals surface area contributed by atoms with Gasteiger partial charge in [-0.15, -0.1) is 0 Å². The predicted octanol–water partition coefficient (Wildman–Crippen LogP) is 3.14. The zero-order valence-corrected chi connectivity index (χ0v) is 22.0. The van der Waals surface area contributed by atoms with Crippen molar-refractivity contribution in [3.63, 3.8) is 0 Å². The van der Waals surface area contributed by atoms with Crippen LogP contribution in [-0.2, 0) is 17.6 Å². The standard InChI is InChI=1S/C31H34N4O4/c36-26(21-38-27-10-11-29-28(18-27)33-31(39-29)22-6-2-1-3-7-22)19-34-12-14-35(15-13-34)20-30(37)32-25-16-23-8-4-5-9-24(23)17-25/h1-11,18,25-26,36H,12-17,19-21H2,(H,32,37). The number of aliphatic hydroxyl groups excluding tert-OH is 1. The maximum atomic E-state index is 12.6. The van der Waals surface area contributed by atoms with Gasteiger partial charge in [0.05, 0.1) is 6.54 Å². The van der Waals surface area contributed by atoms with Gasteiger partial charge in [0.2, 0.25) is 11.8 Å². The highest BCUT2D eigenvalue weighted by Gasteiger charge is 2.25. The zero-order valence-electron chi connectivity index (χ0n) is 22.0. The monoisotopic (exact) mass is 526 g/mol. The SMILES string of the molecule is O=C(CN1CCN(CC(O)COc2ccc3oc(-c4ccccc4)nc3c2)CC1)NC1Cc2ccccc2C1. The highest BCUT2D eigenvalue weighted by atomic mass is 16.5. The van der Waals surface area contributed by atoms with Gasteiger partial charge in [-0.3, -0.25) is 14.6 Å². The summed E-state index contributed by atoms with van der Waals surface area (Å²) in [6.45, 7) is 4.38. The molecule has 1 aliphatic heterocycles. The van der Waals surface area contributed by atoms with Crippen LogP contribution in [-0.4, -0.2) is 83.8 Å². The first-order valence-electron chi connectivity index (χ1n) is 13.7. The summed E-state index contributed by atoms with van der Waals surface area (Å²) >= 11 is 0. The molecule has 1 amide bonds. The van der Waals surface area contributed by atoms with E-state index in [1.54, 1.807) is 0 Å². The molecule has 2 aliphatic rings. The van der Waals surface area contributed by atoms with Crippen molar-refractivity contribution in [2.45, 2.75) is 25.0 Å². The van der Waals surface area contributed by atoms with Crippen molar-refractivity contribution in [1.29, 1.82) is 0 Å². The summed E-state index contributed by atoms with van der Waals surface area (Å²) < 4.78 is 11.7. The van der Waals surface area contributed by atoms with Crippen LogP contribution in [0.5, 0.6) is 5.75 Å². The predicted molar refractivity (Wildman–Crippen MR) is 150 cm³/mol. The van der Waals surface area contributed by atoms with E-state index in [2.05, 4.69) is 44.4 Å². The quantitative estimate of drug-likeness (QED) is 0.346. The Kier molecular flexibility index (Phi) is 7.58. The number of piperazine rings is 1. The number of oxazole rings is 1. The fourth-order valence-corrected chi connectivity index (χ4v) is 5.51. The second-order valence-electron chi connectivity index (χ2n) is 10.5. The van der Waals surface area contributed by atoms with Gasteiger partial charge in [-0.05, 0) is 48.2 Å². The number of nitrogens with one attached hydrogen (secondary N) is 1. The van der Waals surface area contributed by atoms with E-state index >= 15 is 0 Å². The third kappa shape index (κ3) is 6.30. The molecule has 0 spiro atoms. The van der Waals surface area contributed by atoms with E-state index in [1.165, 1.54) is 11.1 Å². The number of hydrogen-bond acceptors (Lipinski definition) is 7. The average Bonchev–Trinajstić information content (AvgIpc) is 3.57. The minimum atomic E-state index is -0.614. The third-order valence-electron chi connectivity index (χ3n) is 7.54. The minimum absolute atomic E-state index is 0.0923. The van der Waals surface area contributed by atoms with Gasteiger partial charge in [-0.1, -0.05) is 42.5 Å². The number of amides is 1. The van der Waals surface area contributed by atoms with Crippen molar-refractivity contribution < 1.29 is 19.1 Å². The molecule has 8 nitrogen and oxygen atoms in total. The summed E-state index contributed by atoms with van der Waals surface area (Å²) in [5, 5.41) is 13.8. The Morgan fingerprint density at radius 2 is 1.67 bits per heavy atom. The Morgan fingerprint density at radius 1 is 0.974 bits per heavy atom. The molecule has 2 heterocycles. The Bertz CT molecular complexity index is 1390. The molecular formula is C31H34N4O4. The molecule has 6 rings (SSSR count). The van der Waals surface area contributed by atoms with Crippen LogP contribution in [0.25, 0.3) is 22.6 Å². The maximum absolute atomic E-state index is 12.6. The second-order valence-corrected chi connectivity index (χ2v) is 10.5. The van der Waals surface area contributed by atoms with E-state index in [9.17, 15) is 9.90 Å². The molecule has 1 aliphatic carbocycles. The first kappa shape index (κ1) is 25.6. The third-order valence-corrected chi connectivity index (χ3v) is 7.54. The molecule has 39 heavy (non-hydrogen) atoms. The zero-order chi connectivity index (χ0) is 26.6. The van der Waals surface area contributed by atoms with Crippen molar-refractivity contribution in [2.24, 2.45) is 0 Å². The van der Waals surface area contributed by atoms with Crippen molar-refractivity contribution in [3.05, 3.63) is 83.9 Å². The molecule has 8 heteroatoms. The topological polar surface area (TPSA) is 91.1 Å². The molecule has 1 saturated heterocycles. The molecule has 0 bridgehead atoms. The first-order valence-corrected chi connectivity index (χ1v) is 13.7. The first-order chi connectivity index (χ1) is 19.1. The van der Waals surface area contributed by atoms with Gasteiger partial charge in [0.25, 0.3) is 0 Å². The van der Waals surface area contributed by atoms with Crippen molar-refractivity contribution in [3.8, 4) is 17.2 Å². The lowest BCUT2D eigenvalue weighted by molar-refractivity contribution is -0.123. The van der Waals surface area contributed by atoms with Crippen LogP contribution < -0.4 is 10.1 Å². The molecule has 3 aromatic carbocycles. The van der Waals surface area contributed by atoms with Gasteiger partial charge >= 0.3 is 0 Å². The van der Waals surface area contributed by atoms with Crippen molar-refractivity contribution in [2.75, 3.05) is 45.9 Å². The summed E-state index contributed by atoms with van der Waals surface area (Å²) in [5.41, 5.74) is 5.02. The van der Waals surface area contributed by atoms with Crippen molar-refractivity contribution >= 4 is 17.0 Å². The van der Waals surface area contributed by atoms with E-state index in [-0.39, 0.29) is 18.6 Å². The molecule has 0 saturated carbocycles. The van der Waals surface area contributed by atoms with Gasteiger partial charge < -0.3 is 19.6 Å². The summed E-state index contributed by atoms with van der Waals surface area (Å²) in [6.07, 6.45) is 1.21. The van der Waals surface area contributed by atoms with Crippen LogP contribution >= 0.6 is 0 Å². The number of rotatable bonds is 9. The maximum Gasteiger partial charge on any atom is 0.234 e. The summed E-state index contributed by atoms with van der Waals surface area (Å²) in [6, 6.07) is 23.9. The summed E-state index contributed by atoms with van der Waals surface area (Å²) in [7, 11) is 0. The number of aliphatic hydroxyl groups is 1. The smallest absolute Gasteiger partial charge is 0.234 e. The highest BCUT2D eigenvalue weighted by Crippen LogP contribution is 2.27. The van der Waals surface area contributed by atoms with E-state index in [1.807, 2.05) is 48.5 Å². The average molecular weight is 527 g/mol. The Hall–Kier alpha value is -3.72. The van der Waals surface area contributed by atoms with E-state index < -0.39 is 6.10 Å². The van der Waals surface area contributed by atoms with Gasteiger partial charge in [-0.25, -0.2) is 4.98 Å². The fraction of sp³-hybridized carbons (Fsp3) is 0.355. The van der Waals surface area contributed by atoms with Crippen LogP contribution in [0.15, 0.2) is 77.2 Å². The van der Waals surface area contributed by atoms with E-state index in [0.717, 1.165) is 50.1 Å². The molecule has 1 unspecified atom stereocenters. The summed E-state index contributed by atoms with van der Waals surface area (Å²) in [5.74, 6) is 1.31. The van der Waals surface area contributed by atoms with Crippen LogP contribution in [0.2, 0.25) is 0 Å². The normalized spacial score (nSPS) is 17.3. The van der Waals surface area contributed by atoms with E-state index in [4.69, 9.17) is 9.15 Å². The number of carbonyl (C=O) groups excluding carboxylic acids is 1. The number of carbonyl (C=O) groups is 1. The Labute approximate surface area is 228 Å². The fourth-order valence-electron chi connectivity index (χ4n) is 5.51. The number of benzene rings is 3. The molecular weight excluding hydrogens is 492 g/mol. The number of ether oxygens (including phenoxy) is 1. The van der Waals surface area contributed by atoms with Gasteiger partial charge in [0.15, 0.2) is 5.58 Å². The van der Waals surface area contributed by atoms with Gasteiger partial charge in [0, 0.05) is 50.4 Å². The van der Waals surface area contributed by atoms with Crippen LogP contribution in [0.1, 0.15) is 11.1 Å². The lowest BCUT2D eigenvalue weighted by Crippen LogP contribution is -2.52. The van der Waals surface area contributed by atoms with Crippen molar-refractivity contribution in [1.82, 2.24) is 20.1 Å². The minimum Gasteiger partial charge on any atom is -0.491 e. The molecule has 4 aromatic rings. The number of fused-ring (bicyclic) bond motifs is 2. The summed E-state index contributed by atoms with van der Waals surface area (Å²) in [4.78, 5) is 21.6. The largest absolute Gasteiger partial charge is 0.491 e. The molecule has 2 N–H and O–H groups in total. The second kappa shape index (κ2) is 11.6. The number of aromatic nitrogens is 1. The van der Waals surface area contributed by atoms with Crippen LogP contribution in [0.4, 0.5) is 0 Å². The molecule has 1 fully saturated rings. The molecule has 0 radical (unpaired) electrons. The Morgan fingerprint density at radius 3 is 2.41 bits per heavy atom. The number of β-amino-alcohol motifs (C(OH)–C–C–N with tert-alkyl or cyclic N) is 1. The van der Waals surface area contributed by atoms with E-state index in [0.29, 0.717) is 30.3 Å². The Balaban J connectivity index is 0.917. The van der Waals surface area contributed by atoms with Gasteiger partial charge in [0.1, 0.15) is 24.0 Å². The molecule has 1 aromatic heterocycles.